The summed E-state index contributed by atoms with van der Waals surface area (Å²) >= 11 is 0. The number of amides is 1. The second kappa shape index (κ2) is 6.13. The Balaban J connectivity index is 1.68. The molecule has 0 aliphatic heterocycles. The largest absolute Gasteiger partial charge is 0.419 e. The molecule has 6 nitrogen and oxygen atoms in total. The Kier molecular flexibility index (Phi) is 3.86. The topological polar surface area (TPSA) is 80.9 Å². The maximum atomic E-state index is 13.6. The summed E-state index contributed by atoms with van der Waals surface area (Å²) in [5.74, 6) is -0.491. The van der Waals surface area contributed by atoms with Crippen LogP contribution in [0, 0.1) is 5.82 Å². The van der Waals surface area contributed by atoms with Gasteiger partial charge in [0.25, 0.3) is 11.8 Å². The summed E-state index contributed by atoms with van der Waals surface area (Å²) in [5.41, 5.74) is 0.649. The first-order valence-electron chi connectivity index (χ1n) is 6.49. The van der Waals surface area contributed by atoms with E-state index in [1.807, 2.05) is 0 Å². The molecule has 0 fully saturated rings. The van der Waals surface area contributed by atoms with Crippen LogP contribution in [0.15, 0.2) is 53.2 Å². The van der Waals surface area contributed by atoms with Gasteiger partial charge in [0.15, 0.2) is 0 Å². The summed E-state index contributed by atoms with van der Waals surface area (Å²) in [6.45, 7) is 0.0508. The maximum Gasteiger partial charge on any atom is 0.253 e. The average Bonchev–Trinajstić information content (AvgIpc) is 3.02. The standard InChI is InChI=1S/C15H11FN4O2/c16-12-6-2-1-5-11(12)15-20-19-13(22-15)9-18-14(21)10-4-3-7-17-8-10/h1-8H,9H2,(H,18,21). The Morgan fingerprint density at radius 2 is 2.05 bits per heavy atom. The normalized spacial score (nSPS) is 10.4. The van der Waals surface area contributed by atoms with Crippen LogP contribution in [-0.4, -0.2) is 21.1 Å². The molecule has 7 heteroatoms. The number of nitrogens with zero attached hydrogens (tertiary/aromatic N) is 3. The Labute approximate surface area is 125 Å². The highest BCUT2D eigenvalue weighted by Gasteiger charge is 2.13. The number of hydrogen-bond acceptors (Lipinski definition) is 5. The Morgan fingerprint density at radius 1 is 1.18 bits per heavy atom. The molecule has 0 unspecified atom stereocenters. The fourth-order valence-electron chi connectivity index (χ4n) is 1.82. The van der Waals surface area contributed by atoms with Gasteiger partial charge in [0.2, 0.25) is 5.89 Å². The van der Waals surface area contributed by atoms with E-state index in [0.717, 1.165) is 0 Å². The molecule has 0 saturated carbocycles. The van der Waals surface area contributed by atoms with E-state index in [1.54, 1.807) is 36.5 Å². The maximum absolute atomic E-state index is 13.6. The minimum atomic E-state index is -0.447. The third-order valence-electron chi connectivity index (χ3n) is 2.90. The van der Waals surface area contributed by atoms with Gasteiger partial charge in [-0.05, 0) is 24.3 Å². The Morgan fingerprint density at radius 3 is 2.82 bits per heavy atom. The molecule has 22 heavy (non-hydrogen) atoms. The number of benzene rings is 1. The first-order valence-corrected chi connectivity index (χ1v) is 6.49. The summed E-state index contributed by atoms with van der Waals surface area (Å²) in [6.07, 6.45) is 3.03. The van der Waals surface area contributed by atoms with Gasteiger partial charge >= 0.3 is 0 Å². The smallest absolute Gasteiger partial charge is 0.253 e. The molecule has 0 aliphatic rings. The van der Waals surface area contributed by atoms with E-state index in [9.17, 15) is 9.18 Å². The van der Waals surface area contributed by atoms with E-state index in [2.05, 4.69) is 20.5 Å². The molecule has 110 valence electrons. The average molecular weight is 298 g/mol. The number of carbonyl (C=O) groups is 1. The molecule has 2 heterocycles. The fourth-order valence-corrected chi connectivity index (χ4v) is 1.82. The van der Waals surface area contributed by atoms with Crippen LogP contribution < -0.4 is 5.32 Å². The lowest BCUT2D eigenvalue weighted by molar-refractivity contribution is 0.0947. The molecular weight excluding hydrogens is 287 g/mol. The van der Waals surface area contributed by atoms with Gasteiger partial charge in [-0.3, -0.25) is 9.78 Å². The molecule has 0 bridgehead atoms. The van der Waals surface area contributed by atoms with Crippen molar-refractivity contribution in [2.75, 3.05) is 0 Å². The molecule has 0 spiro atoms. The lowest BCUT2D eigenvalue weighted by Gasteiger charge is -2.01. The molecule has 0 atom stereocenters. The number of pyridine rings is 1. The zero-order valence-electron chi connectivity index (χ0n) is 11.4. The van der Waals surface area contributed by atoms with Crippen molar-refractivity contribution in [1.82, 2.24) is 20.5 Å². The van der Waals surface area contributed by atoms with Crippen LogP contribution in [0.2, 0.25) is 0 Å². The second-order valence-corrected chi connectivity index (χ2v) is 4.41. The quantitative estimate of drug-likeness (QED) is 0.798. The third-order valence-corrected chi connectivity index (χ3v) is 2.90. The van der Waals surface area contributed by atoms with Gasteiger partial charge in [-0.1, -0.05) is 12.1 Å². The minimum Gasteiger partial charge on any atom is -0.419 e. The van der Waals surface area contributed by atoms with Crippen LogP contribution in [0.4, 0.5) is 4.39 Å². The molecule has 1 amide bonds. The van der Waals surface area contributed by atoms with Crippen LogP contribution in [0.5, 0.6) is 0 Å². The first-order chi connectivity index (χ1) is 10.7. The predicted octanol–water partition coefficient (Wildman–Crippen LogP) is 2.20. The van der Waals surface area contributed by atoms with E-state index in [0.29, 0.717) is 5.56 Å². The third kappa shape index (κ3) is 2.98. The molecule has 2 aromatic heterocycles. The summed E-state index contributed by atoms with van der Waals surface area (Å²) in [6, 6.07) is 9.40. The predicted molar refractivity (Wildman–Crippen MR) is 75.1 cm³/mol. The van der Waals surface area contributed by atoms with Crippen LogP contribution in [0.25, 0.3) is 11.5 Å². The highest BCUT2D eigenvalue weighted by molar-refractivity contribution is 5.93. The van der Waals surface area contributed by atoms with E-state index < -0.39 is 5.82 Å². The van der Waals surface area contributed by atoms with Gasteiger partial charge in [0.05, 0.1) is 17.7 Å². The first kappa shape index (κ1) is 13.9. The van der Waals surface area contributed by atoms with Crippen molar-refractivity contribution >= 4 is 5.91 Å². The SMILES string of the molecule is O=C(NCc1nnc(-c2ccccc2F)o1)c1cccnc1. The van der Waals surface area contributed by atoms with Crippen molar-refractivity contribution in [3.05, 3.63) is 66.1 Å². The minimum absolute atomic E-state index is 0.0508. The molecule has 0 radical (unpaired) electrons. The van der Waals surface area contributed by atoms with Gasteiger partial charge < -0.3 is 9.73 Å². The van der Waals surface area contributed by atoms with Gasteiger partial charge in [-0.25, -0.2) is 4.39 Å². The fraction of sp³-hybridized carbons (Fsp3) is 0.0667. The monoisotopic (exact) mass is 298 g/mol. The molecule has 1 aromatic carbocycles. The van der Waals surface area contributed by atoms with Crippen LogP contribution in [0.1, 0.15) is 16.2 Å². The number of rotatable bonds is 4. The molecule has 0 aliphatic carbocycles. The van der Waals surface area contributed by atoms with Crippen molar-refractivity contribution in [2.45, 2.75) is 6.54 Å². The number of carbonyl (C=O) groups excluding carboxylic acids is 1. The lowest BCUT2D eigenvalue weighted by atomic mass is 10.2. The summed E-state index contributed by atoms with van der Waals surface area (Å²) < 4.78 is 19.0. The highest BCUT2D eigenvalue weighted by Crippen LogP contribution is 2.20. The molecule has 0 saturated heterocycles. The van der Waals surface area contributed by atoms with Crippen molar-refractivity contribution in [2.24, 2.45) is 0 Å². The van der Waals surface area contributed by atoms with Crippen molar-refractivity contribution in [1.29, 1.82) is 0 Å². The van der Waals surface area contributed by atoms with E-state index in [1.165, 1.54) is 12.3 Å². The molecule has 1 N–H and O–H groups in total. The zero-order valence-corrected chi connectivity index (χ0v) is 11.4. The highest BCUT2D eigenvalue weighted by atomic mass is 19.1. The van der Waals surface area contributed by atoms with Crippen molar-refractivity contribution in [3.8, 4) is 11.5 Å². The molecular formula is C15H11FN4O2. The van der Waals surface area contributed by atoms with Gasteiger partial charge in [-0.15, -0.1) is 10.2 Å². The van der Waals surface area contributed by atoms with Crippen LogP contribution >= 0.6 is 0 Å². The van der Waals surface area contributed by atoms with Gasteiger partial charge in [0.1, 0.15) is 5.82 Å². The Bertz CT molecular complexity index is 789. The number of nitrogens with one attached hydrogen (secondary N) is 1. The van der Waals surface area contributed by atoms with Crippen LogP contribution in [0.3, 0.4) is 0 Å². The number of hydrogen-bond donors (Lipinski definition) is 1. The zero-order chi connectivity index (χ0) is 15.4. The van der Waals surface area contributed by atoms with Crippen molar-refractivity contribution in [3.63, 3.8) is 0 Å². The number of aromatic nitrogens is 3. The Hall–Kier alpha value is -3.09. The lowest BCUT2D eigenvalue weighted by Crippen LogP contribution is -2.23. The summed E-state index contributed by atoms with van der Waals surface area (Å²) in [4.78, 5) is 15.7. The van der Waals surface area contributed by atoms with Crippen LogP contribution in [-0.2, 0) is 6.54 Å². The summed E-state index contributed by atoms with van der Waals surface area (Å²) in [5, 5.41) is 10.2. The van der Waals surface area contributed by atoms with Gasteiger partial charge in [-0.2, -0.15) is 0 Å². The van der Waals surface area contributed by atoms with E-state index in [-0.39, 0.29) is 29.8 Å². The van der Waals surface area contributed by atoms with E-state index >= 15 is 0 Å². The molecule has 3 rings (SSSR count). The summed E-state index contributed by atoms with van der Waals surface area (Å²) in [7, 11) is 0. The van der Waals surface area contributed by atoms with Crippen molar-refractivity contribution < 1.29 is 13.6 Å². The van der Waals surface area contributed by atoms with Gasteiger partial charge in [0, 0.05) is 12.4 Å². The second-order valence-electron chi connectivity index (χ2n) is 4.41. The number of halogens is 1. The molecule has 3 aromatic rings. The van der Waals surface area contributed by atoms with E-state index in [4.69, 9.17) is 4.42 Å².